The molecule has 0 bridgehead atoms. The SMILES string of the molecule is CCOC(=O)Nc1ccc(S(=O)(=O)NCCc2ccc(OC)c(OC)c2)cc1. The fraction of sp³-hybridized carbons (Fsp3) is 0.316. The van der Waals surface area contributed by atoms with Crippen LogP contribution < -0.4 is 19.5 Å². The average Bonchev–Trinajstić information content (AvgIpc) is 2.68. The molecular formula is C19H24N2O6S. The summed E-state index contributed by atoms with van der Waals surface area (Å²) in [6.45, 7) is 2.17. The van der Waals surface area contributed by atoms with Crippen LogP contribution in [0.25, 0.3) is 0 Å². The summed E-state index contributed by atoms with van der Waals surface area (Å²) in [5.41, 5.74) is 1.36. The highest BCUT2D eigenvalue weighted by Crippen LogP contribution is 2.27. The molecule has 0 aliphatic carbocycles. The second kappa shape index (κ2) is 9.95. The molecule has 2 N–H and O–H groups in total. The minimum atomic E-state index is -3.66. The summed E-state index contributed by atoms with van der Waals surface area (Å²) in [4.78, 5) is 11.5. The Morgan fingerprint density at radius 3 is 2.29 bits per heavy atom. The van der Waals surface area contributed by atoms with Gasteiger partial charge in [0.1, 0.15) is 0 Å². The standard InChI is InChI=1S/C19H24N2O6S/c1-4-27-19(22)21-15-6-8-16(9-7-15)28(23,24)20-12-11-14-5-10-17(25-2)18(13-14)26-3/h5-10,13,20H,4,11-12H2,1-3H3,(H,21,22). The van der Waals surface area contributed by atoms with Crippen LogP contribution in [-0.2, 0) is 21.2 Å². The van der Waals surface area contributed by atoms with Gasteiger partial charge in [0.2, 0.25) is 10.0 Å². The lowest BCUT2D eigenvalue weighted by atomic mass is 10.1. The monoisotopic (exact) mass is 408 g/mol. The molecule has 0 heterocycles. The molecule has 2 aromatic carbocycles. The quantitative estimate of drug-likeness (QED) is 0.661. The van der Waals surface area contributed by atoms with Crippen molar-refractivity contribution < 1.29 is 27.4 Å². The molecule has 0 aliphatic rings. The van der Waals surface area contributed by atoms with Crippen molar-refractivity contribution in [3.63, 3.8) is 0 Å². The molecule has 2 aromatic rings. The van der Waals surface area contributed by atoms with E-state index in [0.29, 0.717) is 23.6 Å². The maximum atomic E-state index is 12.4. The fourth-order valence-corrected chi connectivity index (χ4v) is 3.48. The lowest BCUT2D eigenvalue weighted by Gasteiger charge is -2.11. The molecule has 0 unspecified atom stereocenters. The van der Waals surface area contributed by atoms with Crippen LogP contribution in [-0.4, -0.2) is 41.9 Å². The molecule has 8 nitrogen and oxygen atoms in total. The highest BCUT2D eigenvalue weighted by Gasteiger charge is 2.14. The van der Waals surface area contributed by atoms with Crippen molar-refractivity contribution in [2.24, 2.45) is 0 Å². The first-order valence-electron chi connectivity index (χ1n) is 8.64. The second-order valence-corrected chi connectivity index (χ2v) is 7.47. The van der Waals surface area contributed by atoms with E-state index in [2.05, 4.69) is 10.0 Å². The van der Waals surface area contributed by atoms with Crippen molar-refractivity contribution in [3.05, 3.63) is 48.0 Å². The van der Waals surface area contributed by atoms with Gasteiger partial charge in [-0.1, -0.05) is 6.07 Å². The Labute approximate surface area is 164 Å². The van der Waals surface area contributed by atoms with Crippen LogP contribution in [0.4, 0.5) is 10.5 Å². The molecule has 2 rings (SSSR count). The molecule has 0 fully saturated rings. The molecule has 28 heavy (non-hydrogen) atoms. The third kappa shape index (κ3) is 5.86. The van der Waals surface area contributed by atoms with Crippen molar-refractivity contribution in [3.8, 4) is 11.5 Å². The predicted octanol–water partition coefficient (Wildman–Crippen LogP) is 2.79. The Bertz CT molecular complexity index is 897. The molecule has 0 radical (unpaired) electrons. The largest absolute Gasteiger partial charge is 0.493 e. The number of hydrogen-bond acceptors (Lipinski definition) is 6. The van der Waals surface area contributed by atoms with E-state index in [1.807, 2.05) is 12.1 Å². The number of sulfonamides is 1. The number of hydrogen-bond donors (Lipinski definition) is 2. The number of anilines is 1. The number of benzene rings is 2. The summed E-state index contributed by atoms with van der Waals surface area (Å²) in [5.74, 6) is 1.20. The van der Waals surface area contributed by atoms with E-state index in [4.69, 9.17) is 14.2 Å². The minimum absolute atomic E-state index is 0.106. The topological polar surface area (TPSA) is 103 Å². The molecule has 0 saturated heterocycles. The molecule has 152 valence electrons. The van der Waals surface area contributed by atoms with E-state index < -0.39 is 16.1 Å². The number of rotatable bonds is 9. The van der Waals surface area contributed by atoms with Crippen molar-refractivity contribution in [2.75, 3.05) is 32.7 Å². The van der Waals surface area contributed by atoms with Crippen molar-refractivity contribution >= 4 is 21.8 Å². The lowest BCUT2D eigenvalue weighted by Crippen LogP contribution is -2.26. The Hall–Kier alpha value is -2.78. The van der Waals surface area contributed by atoms with E-state index in [1.54, 1.807) is 27.2 Å². The summed E-state index contributed by atoms with van der Waals surface area (Å²) in [5, 5.41) is 2.51. The molecule has 0 saturated carbocycles. The van der Waals surface area contributed by atoms with Gasteiger partial charge in [-0.15, -0.1) is 0 Å². The molecular weight excluding hydrogens is 384 g/mol. The summed E-state index contributed by atoms with van der Waals surface area (Å²) in [6, 6.07) is 11.3. The Morgan fingerprint density at radius 2 is 1.68 bits per heavy atom. The van der Waals surface area contributed by atoms with Gasteiger partial charge in [-0.2, -0.15) is 0 Å². The fourth-order valence-electron chi connectivity index (χ4n) is 2.45. The number of methoxy groups -OCH3 is 2. The van der Waals surface area contributed by atoms with Gasteiger partial charge >= 0.3 is 6.09 Å². The number of nitrogens with one attached hydrogen (secondary N) is 2. The van der Waals surface area contributed by atoms with Gasteiger partial charge < -0.3 is 14.2 Å². The van der Waals surface area contributed by atoms with Gasteiger partial charge in [-0.3, -0.25) is 5.32 Å². The smallest absolute Gasteiger partial charge is 0.411 e. The maximum absolute atomic E-state index is 12.4. The van der Waals surface area contributed by atoms with E-state index in [0.717, 1.165) is 5.56 Å². The molecule has 1 amide bonds. The van der Waals surface area contributed by atoms with Gasteiger partial charge in [0.15, 0.2) is 11.5 Å². The van der Waals surface area contributed by atoms with Crippen molar-refractivity contribution in [1.29, 1.82) is 0 Å². The van der Waals surface area contributed by atoms with Crippen LogP contribution in [0.15, 0.2) is 47.4 Å². The number of carbonyl (C=O) groups excluding carboxylic acids is 1. The molecule has 0 spiro atoms. The van der Waals surface area contributed by atoms with Crippen LogP contribution in [0.1, 0.15) is 12.5 Å². The zero-order valence-electron chi connectivity index (χ0n) is 16.0. The van der Waals surface area contributed by atoms with Gasteiger partial charge in [0, 0.05) is 12.2 Å². The van der Waals surface area contributed by atoms with Crippen LogP contribution >= 0.6 is 0 Å². The van der Waals surface area contributed by atoms with Gasteiger partial charge in [-0.25, -0.2) is 17.9 Å². The van der Waals surface area contributed by atoms with Crippen LogP contribution in [0.5, 0.6) is 11.5 Å². The van der Waals surface area contributed by atoms with E-state index in [9.17, 15) is 13.2 Å². The molecule has 0 atom stereocenters. The summed E-state index contributed by atoms with van der Waals surface area (Å²) in [6.07, 6.45) is -0.103. The summed E-state index contributed by atoms with van der Waals surface area (Å²) < 4.78 is 42.6. The Balaban J connectivity index is 1.95. The van der Waals surface area contributed by atoms with Gasteiger partial charge in [0.25, 0.3) is 0 Å². The second-order valence-electron chi connectivity index (χ2n) is 5.71. The first kappa shape index (κ1) is 21.5. The van der Waals surface area contributed by atoms with Crippen molar-refractivity contribution in [1.82, 2.24) is 4.72 Å². The van der Waals surface area contributed by atoms with E-state index in [1.165, 1.54) is 24.3 Å². The normalized spacial score (nSPS) is 11.0. The highest BCUT2D eigenvalue weighted by atomic mass is 32.2. The van der Waals surface area contributed by atoms with Crippen LogP contribution in [0.3, 0.4) is 0 Å². The number of ether oxygens (including phenoxy) is 3. The number of amides is 1. The average molecular weight is 408 g/mol. The maximum Gasteiger partial charge on any atom is 0.411 e. The molecule has 9 heteroatoms. The van der Waals surface area contributed by atoms with Gasteiger partial charge in [-0.05, 0) is 55.3 Å². The first-order chi connectivity index (χ1) is 13.4. The predicted molar refractivity (Wildman–Crippen MR) is 106 cm³/mol. The zero-order valence-corrected chi connectivity index (χ0v) is 16.8. The molecule has 0 aliphatic heterocycles. The zero-order chi connectivity index (χ0) is 20.6. The lowest BCUT2D eigenvalue weighted by molar-refractivity contribution is 0.168. The third-order valence-electron chi connectivity index (χ3n) is 3.84. The summed E-state index contributed by atoms with van der Waals surface area (Å²) >= 11 is 0. The van der Waals surface area contributed by atoms with E-state index in [-0.39, 0.29) is 18.0 Å². The van der Waals surface area contributed by atoms with Crippen LogP contribution in [0.2, 0.25) is 0 Å². The van der Waals surface area contributed by atoms with E-state index >= 15 is 0 Å². The number of carbonyl (C=O) groups is 1. The van der Waals surface area contributed by atoms with Crippen molar-refractivity contribution in [2.45, 2.75) is 18.2 Å². The third-order valence-corrected chi connectivity index (χ3v) is 5.32. The summed E-state index contributed by atoms with van der Waals surface area (Å²) in [7, 11) is -0.563. The Morgan fingerprint density at radius 1 is 1.00 bits per heavy atom. The molecule has 0 aromatic heterocycles. The van der Waals surface area contributed by atoms with Gasteiger partial charge in [0.05, 0.1) is 25.7 Å². The van der Waals surface area contributed by atoms with Crippen LogP contribution in [0, 0.1) is 0 Å². The Kier molecular flexibility index (Phi) is 7.65. The first-order valence-corrected chi connectivity index (χ1v) is 10.1. The highest BCUT2D eigenvalue weighted by molar-refractivity contribution is 7.89. The minimum Gasteiger partial charge on any atom is -0.493 e.